The molecule has 0 unspecified atom stereocenters. The van der Waals surface area contributed by atoms with Crippen molar-refractivity contribution < 1.29 is 0 Å². The van der Waals surface area contributed by atoms with Crippen molar-refractivity contribution in [1.29, 1.82) is 0 Å². The standard InChI is InChI=1S/C17H22Si/c1-5-14-8-7-9-16(15(14)6-2)18-17-11-12(3)10-13(17)4/h7-10H,5-6,11H2,1-4H3. The zero-order valence-corrected chi connectivity index (χ0v) is 12.9. The second kappa shape index (κ2) is 5.70. The molecule has 0 aliphatic heterocycles. The average Bonchev–Trinajstić information content (AvgIpc) is 2.67. The zero-order chi connectivity index (χ0) is 13.1. The number of rotatable bonds is 4. The summed E-state index contributed by atoms with van der Waals surface area (Å²) in [5.41, 5.74) is 6.13. The van der Waals surface area contributed by atoms with Crippen LogP contribution in [0.25, 0.3) is 0 Å². The van der Waals surface area contributed by atoms with Gasteiger partial charge in [0.25, 0.3) is 0 Å². The molecule has 0 bridgehead atoms. The Hall–Kier alpha value is -1.08. The quantitative estimate of drug-likeness (QED) is 0.718. The lowest BCUT2D eigenvalue weighted by molar-refractivity contribution is 1.05. The molecule has 0 saturated heterocycles. The van der Waals surface area contributed by atoms with E-state index >= 15 is 0 Å². The van der Waals surface area contributed by atoms with E-state index in [0.717, 1.165) is 22.4 Å². The van der Waals surface area contributed by atoms with Gasteiger partial charge in [-0.05, 0) is 44.2 Å². The van der Waals surface area contributed by atoms with E-state index in [1.807, 2.05) is 0 Å². The van der Waals surface area contributed by atoms with E-state index in [0.29, 0.717) is 0 Å². The molecule has 0 heterocycles. The van der Waals surface area contributed by atoms with Gasteiger partial charge in [-0.2, -0.15) is 0 Å². The van der Waals surface area contributed by atoms with Crippen molar-refractivity contribution in [1.82, 2.24) is 0 Å². The molecule has 1 aliphatic carbocycles. The van der Waals surface area contributed by atoms with Gasteiger partial charge in [0, 0.05) is 0 Å². The lowest BCUT2D eigenvalue weighted by atomic mass is 10.0. The molecule has 0 N–H and O–H groups in total. The minimum Gasteiger partial charge on any atom is -0.0725 e. The van der Waals surface area contributed by atoms with Gasteiger partial charge in [0.15, 0.2) is 0 Å². The summed E-state index contributed by atoms with van der Waals surface area (Å²) in [6, 6.07) is 6.84. The van der Waals surface area contributed by atoms with E-state index in [1.165, 1.54) is 23.1 Å². The van der Waals surface area contributed by atoms with Crippen molar-refractivity contribution in [2.75, 3.05) is 0 Å². The summed E-state index contributed by atoms with van der Waals surface area (Å²) in [5.74, 6) is 0. The highest BCUT2D eigenvalue weighted by Gasteiger charge is 2.14. The van der Waals surface area contributed by atoms with Crippen LogP contribution < -0.4 is 5.19 Å². The lowest BCUT2D eigenvalue weighted by Gasteiger charge is -2.13. The second-order valence-corrected chi connectivity index (χ2v) is 6.50. The minimum atomic E-state index is 0.857. The first kappa shape index (κ1) is 13.4. The van der Waals surface area contributed by atoms with Crippen molar-refractivity contribution >= 4 is 14.7 Å². The summed E-state index contributed by atoms with van der Waals surface area (Å²) in [6.45, 7) is 9.04. The number of hydrogen-bond donors (Lipinski definition) is 0. The highest BCUT2D eigenvalue weighted by atomic mass is 28.2. The van der Waals surface area contributed by atoms with Gasteiger partial charge in [0.05, 0.1) is 0 Å². The van der Waals surface area contributed by atoms with Gasteiger partial charge in [-0.15, -0.1) is 0 Å². The van der Waals surface area contributed by atoms with Crippen molar-refractivity contribution in [3.05, 3.63) is 51.7 Å². The first-order valence-corrected chi connectivity index (χ1v) is 7.90. The van der Waals surface area contributed by atoms with Crippen molar-refractivity contribution in [3.63, 3.8) is 0 Å². The van der Waals surface area contributed by atoms with Crippen LogP contribution in [0.15, 0.2) is 40.6 Å². The molecule has 1 aliphatic rings. The maximum atomic E-state index is 2.34. The van der Waals surface area contributed by atoms with Crippen LogP contribution in [-0.4, -0.2) is 9.52 Å². The first-order chi connectivity index (χ1) is 8.65. The fourth-order valence-corrected chi connectivity index (χ4v) is 4.36. The molecule has 0 nitrogen and oxygen atoms in total. The largest absolute Gasteiger partial charge is 0.117 e. The fraction of sp³-hybridized carbons (Fsp3) is 0.412. The molecule has 2 rings (SSSR count). The van der Waals surface area contributed by atoms with Crippen LogP contribution in [0.4, 0.5) is 0 Å². The number of benzene rings is 1. The Labute approximate surface area is 114 Å². The Kier molecular flexibility index (Phi) is 4.23. The third-order valence-corrected chi connectivity index (χ3v) is 5.30. The molecule has 1 heteroatoms. The Balaban J connectivity index is 2.28. The molecule has 18 heavy (non-hydrogen) atoms. The van der Waals surface area contributed by atoms with Crippen LogP contribution in [0.1, 0.15) is 45.2 Å². The van der Waals surface area contributed by atoms with Gasteiger partial charge in [-0.25, -0.2) is 0 Å². The van der Waals surface area contributed by atoms with Gasteiger partial charge in [0.1, 0.15) is 9.52 Å². The third kappa shape index (κ3) is 2.67. The van der Waals surface area contributed by atoms with Gasteiger partial charge in [-0.1, -0.05) is 59.7 Å². The average molecular weight is 254 g/mol. The maximum Gasteiger partial charge on any atom is 0.117 e. The molecule has 1 aromatic rings. The predicted molar refractivity (Wildman–Crippen MR) is 81.7 cm³/mol. The smallest absolute Gasteiger partial charge is 0.0725 e. The summed E-state index contributed by atoms with van der Waals surface area (Å²) < 4.78 is 0. The molecule has 1 aromatic carbocycles. The number of allylic oxidation sites excluding steroid dienone is 4. The molecular weight excluding hydrogens is 232 g/mol. The fourth-order valence-electron chi connectivity index (χ4n) is 2.73. The number of hydrogen-bond acceptors (Lipinski definition) is 0. The molecule has 0 amide bonds. The third-order valence-electron chi connectivity index (χ3n) is 3.69. The van der Waals surface area contributed by atoms with Crippen LogP contribution in [0.3, 0.4) is 0 Å². The Morgan fingerprint density at radius 1 is 1.11 bits per heavy atom. The molecule has 0 fully saturated rings. The molecular formula is C17H22Si. The van der Waals surface area contributed by atoms with E-state index in [4.69, 9.17) is 0 Å². The molecule has 0 aromatic heterocycles. The Morgan fingerprint density at radius 2 is 1.89 bits per heavy atom. The van der Waals surface area contributed by atoms with E-state index in [2.05, 4.69) is 52.0 Å². The van der Waals surface area contributed by atoms with Crippen LogP contribution in [-0.2, 0) is 12.8 Å². The van der Waals surface area contributed by atoms with Gasteiger partial charge in [-0.3, -0.25) is 0 Å². The predicted octanol–water partition coefficient (Wildman–Crippen LogP) is 3.76. The lowest BCUT2D eigenvalue weighted by Crippen LogP contribution is -2.22. The summed E-state index contributed by atoms with van der Waals surface area (Å²) in [6.07, 6.45) is 5.84. The van der Waals surface area contributed by atoms with E-state index < -0.39 is 0 Å². The maximum absolute atomic E-state index is 2.34. The van der Waals surface area contributed by atoms with E-state index in [-0.39, 0.29) is 0 Å². The zero-order valence-electron chi connectivity index (χ0n) is 11.9. The van der Waals surface area contributed by atoms with E-state index in [1.54, 1.807) is 15.9 Å². The van der Waals surface area contributed by atoms with E-state index in [9.17, 15) is 0 Å². The van der Waals surface area contributed by atoms with Gasteiger partial charge < -0.3 is 0 Å². The summed E-state index contributed by atoms with van der Waals surface area (Å²) in [7, 11) is 0.857. The summed E-state index contributed by atoms with van der Waals surface area (Å²) in [4.78, 5) is 0. The topological polar surface area (TPSA) is 0 Å². The summed E-state index contributed by atoms with van der Waals surface area (Å²) in [5, 5.41) is 3.20. The summed E-state index contributed by atoms with van der Waals surface area (Å²) >= 11 is 0. The van der Waals surface area contributed by atoms with Crippen molar-refractivity contribution in [2.45, 2.75) is 47.0 Å². The van der Waals surface area contributed by atoms with Crippen molar-refractivity contribution in [3.8, 4) is 0 Å². The van der Waals surface area contributed by atoms with Crippen LogP contribution >= 0.6 is 0 Å². The molecule has 0 atom stereocenters. The van der Waals surface area contributed by atoms with Crippen LogP contribution in [0.5, 0.6) is 0 Å². The van der Waals surface area contributed by atoms with Crippen LogP contribution in [0.2, 0.25) is 0 Å². The normalized spacial score (nSPS) is 15.2. The Morgan fingerprint density at radius 3 is 2.44 bits per heavy atom. The molecule has 94 valence electrons. The van der Waals surface area contributed by atoms with Crippen molar-refractivity contribution in [2.24, 2.45) is 0 Å². The SMILES string of the molecule is CCc1cccc([Si]C2=C(C)C=C(C)C2)c1CC. The molecule has 0 saturated carbocycles. The highest BCUT2D eigenvalue weighted by molar-refractivity contribution is 6.62. The first-order valence-electron chi connectivity index (χ1n) is 6.90. The Bertz CT molecular complexity index is 506. The van der Waals surface area contributed by atoms with Gasteiger partial charge in [0.2, 0.25) is 0 Å². The monoisotopic (exact) mass is 254 g/mol. The van der Waals surface area contributed by atoms with Crippen LogP contribution in [0, 0.1) is 0 Å². The molecule has 0 spiro atoms. The minimum absolute atomic E-state index is 0.857. The highest BCUT2D eigenvalue weighted by Crippen LogP contribution is 2.24. The molecule has 2 radical (unpaired) electrons. The second-order valence-electron chi connectivity index (χ2n) is 5.10. The van der Waals surface area contributed by atoms with Gasteiger partial charge >= 0.3 is 0 Å². The number of aryl methyl sites for hydroxylation is 1.